The molecular weight excluding hydrogens is 224 g/mol. The van der Waals surface area contributed by atoms with E-state index in [1.165, 1.54) is 19.3 Å². The Balaban J connectivity index is 1.63. The third kappa shape index (κ3) is 4.27. The van der Waals surface area contributed by atoms with Crippen molar-refractivity contribution in [3.8, 4) is 0 Å². The number of hydrogen-bond donors (Lipinski definition) is 2. The van der Waals surface area contributed by atoms with Gasteiger partial charge in [-0.05, 0) is 62.9 Å². The first-order chi connectivity index (χ1) is 8.55. The van der Waals surface area contributed by atoms with Crippen LogP contribution in [0.3, 0.4) is 0 Å². The van der Waals surface area contributed by atoms with Gasteiger partial charge in [-0.2, -0.15) is 0 Å². The van der Waals surface area contributed by atoms with Crippen LogP contribution in [-0.2, 0) is 4.79 Å². The molecule has 3 nitrogen and oxygen atoms in total. The van der Waals surface area contributed by atoms with Crippen LogP contribution in [0.5, 0.6) is 0 Å². The fourth-order valence-electron chi connectivity index (χ4n) is 3.36. The van der Waals surface area contributed by atoms with E-state index in [4.69, 9.17) is 0 Å². The third-order valence-electron chi connectivity index (χ3n) is 4.51. The van der Waals surface area contributed by atoms with Gasteiger partial charge in [0.25, 0.3) is 0 Å². The first kappa shape index (κ1) is 13.9. The molecule has 1 aliphatic carbocycles. The molecule has 2 unspecified atom stereocenters. The van der Waals surface area contributed by atoms with Crippen LogP contribution in [-0.4, -0.2) is 25.0 Å². The largest absolute Gasteiger partial charge is 0.353 e. The standard InChI is InChI=1S/C15H28N2O/c1-15(2)8-7-13(10-15)17-14(18)6-5-12-4-3-9-16-11-12/h12-13,16H,3-11H2,1-2H3,(H,17,18). The van der Waals surface area contributed by atoms with Gasteiger partial charge in [-0.3, -0.25) is 4.79 Å². The van der Waals surface area contributed by atoms with Crippen LogP contribution < -0.4 is 10.6 Å². The molecule has 0 bridgehead atoms. The average Bonchev–Trinajstić information content (AvgIpc) is 2.67. The highest BCUT2D eigenvalue weighted by Crippen LogP contribution is 2.36. The molecule has 1 saturated carbocycles. The lowest BCUT2D eigenvalue weighted by atomic mass is 9.91. The SMILES string of the molecule is CC1(C)CCC(NC(=O)CCC2CCCNC2)C1. The maximum absolute atomic E-state index is 11.9. The first-order valence-corrected chi connectivity index (χ1v) is 7.55. The van der Waals surface area contributed by atoms with Gasteiger partial charge in [0.2, 0.25) is 5.91 Å². The predicted octanol–water partition coefficient (Wildman–Crippen LogP) is 2.46. The zero-order valence-corrected chi connectivity index (χ0v) is 11.9. The molecule has 2 N–H and O–H groups in total. The van der Waals surface area contributed by atoms with Gasteiger partial charge >= 0.3 is 0 Å². The van der Waals surface area contributed by atoms with Gasteiger partial charge in [0.15, 0.2) is 0 Å². The molecule has 2 rings (SSSR count). The summed E-state index contributed by atoms with van der Waals surface area (Å²) in [5.74, 6) is 0.979. The molecule has 0 aromatic heterocycles. The maximum atomic E-state index is 11.9. The van der Waals surface area contributed by atoms with E-state index >= 15 is 0 Å². The minimum atomic E-state index is 0.267. The number of rotatable bonds is 4. The summed E-state index contributed by atoms with van der Waals surface area (Å²) in [6.45, 7) is 6.85. The molecule has 18 heavy (non-hydrogen) atoms. The van der Waals surface area contributed by atoms with Crippen molar-refractivity contribution in [2.75, 3.05) is 13.1 Å². The van der Waals surface area contributed by atoms with E-state index in [-0.39, 0.29) is 5.91 Å². The fraction of sp³-hybridized carbons (Fsp3) is 0.933. The monoisotopic (exact) mass is 252 g/mol. The van der Waals surface area contributed by atoms with Crippen molar-refractivity contribution in [2.45, 2.75) is 64.8 Å². The van der Waals surface area contributed by atoms with Crippen molar-refractivity contribution in [1.82, 2.24) is 10.6 Å². The second kappa shape index (κ2) is 6.05. The average molecular weight is 252 g/mol. The van der Waals surface area contributed by atoms with E-state index < -0.39 is 0 Å². The van der Waals surface area contributed by atoms with Crippen LogP contribution >= 0.6 is 0 Å². The van der Waals surface area contributed by atoms with Crippen LogP contribution in [0.15, 0.2) is 0 Å². The Morgan fingerprint density at radius 2 is 2.22 bits per heavy atom. The lowest BCUT2D eigenvalue weighted by molar-refractivity contribution is -0.122. The summed E-state index contributed by atoms with van der Waals surface area (Å²) in [6, 6.07) is 0.428. The molecule has 1 saturated heterocycles. The number of hydrogen-bond acceptors (Lipinski definition) is 2. The minimum absolute atomic E-state index is 0.267. The van der Waals surface area contributed by atoms with Crippen molar-refractivity contribution in [3.05, 3.63) is 0 Å². The van der Waals surface area contributed by atoms with E-state index in [0.29, 0.717) is 23.8 Å². The Kier molecular flexibility index (Phi) is 4.66. The van der Waals surface area contributed by atoms with E-state index in [2.05, 4.69) is 24.5 Å². The number of amides is 1. The molecule has 0 aromatic rings. The van der Waals surface area contributed by atoms with Crippen molar-refractivity contribution in [1.29, 1.82) is 0 Å². The number of carbonyl (C=O) groups is 1. The van der Waals surface area contributed by atoms with Gasteiger partial charge in [-0.25, -0.2) is 0 Å². The Bertz CT molecular complexity index is 282. The smallest absolute Gasteiger partial charge is 0.220 e. The normalized spacial score (nSPS) is 31.2. The topological polar surface area (TPSA) is 41.1 Å². The molecule has 2 atom stereocenters. The number of nitrogens with one attached hydrogen (secondary N) is 2. The Morgan fingerprint density at radius 3 is 2.83 bits per heavy atom. The van der Waals surface area contributed by atoms with Gasteiger partial charge in [-0.1, -0.05) is 13.8 Å². The Hall–Kier alpha value is -0.570. The summed E-state index contributed by atoms with van der Waals surface area (Å²) in [6.07, 6.45) is 7.86. The van der Waals surface area contributed by atoms with Gasteiger partial charge in [-0.15, -0.1) is 0 Å². The molecule has 0 spiro atoms. The first-order valence-electron chi connectivity index (χ1n) is 7.55. The van der Waals surface area contributed by atoms with Crippen LogP contribution in [0, 0.1) is 11.3 Å². The molecule has 1 heterocycles. The lowest BCUT2D eigenvalue weighted by Crippen LogP contribution is -2.35. The third-order valence-corrected chi connectivity index (χ3v) is 4.51. The van der Waals surface area contributed by atoms with Gasteiger partial charge < -0.3 is 10.6 Å². The molecule has 104 valence electrons. The summed E-state index contributed by atoms with van der Waals surface area (Å²) >= 11 is 0. The van der Waals surface area contributed by atoms with E-state index in [9.17, 15) is 4.79 Å². The van der Waals surface area contributed by atoms with Crippen molar-refractivity contribution >= 4 is 5.91 Å². The van der Waals surface area contributed by atoms with Crippen molar-refractivity contribution in [2.24, 2.45) is 11.3 Å². The van der Waals surface area contributed by atoms with Crippen LogP contribution in [0.4, 0.5) is 0 Å². The summed E-state index contributed by atoms with van der Waals surface area (Å²) in [5, 5.41) is 6.63. The summed E-state index contributed by atoms with van der Waals surface area (Å²) in [4.78, 5) is 11.9. The lowest BCUT2D eigenvalue weighted by Gasteiger charge is -2.23. The molecule has 0 aromatic carbocycles. The molecular formula is C15H28N2O. The Morgan fingerprint density at radius 1 is 1.39 bits per heavy atom. The van der Waals surface area contributed by atoms with Crippen molar-refractivity contribution in [3.63, 3.8) is 0 Å². The molecule has 2 fully saturated rings. The highest BCUT2D eigenvalue weighted by Gasteiger charge is 2.31. The highest BCUT2D eigenvalue weighted by molar-refractivity contribution is 5.76. The van der Waals surface area contributed by atoms with Crippen molar-refractivity contribution < 1.29 is 4.79 Å². The Labute approximate surface area is 111 Å². The van der Waals surface area contributed by atoms with Gasteiger partial charge in [0.1, 0.15) is 0 Å². The fourth-order valence-corrected chi connectivity index (χ4v) is 3.36. The maximum Gasteiger partial charge on any atom is 0.220 e. The highest BCUT2D eigenvalue weighted by atomic mass is 16.1. The van der Waals surface area contributed by atoms with Crippen LogP contribution in [0.2, 0.25) is 0 Å². The molecule has 0 radical (unpaired) electrons. The summed E-state index contributed by atoms with van der Waals surface area (Å²) in [7, 11) is 0. The second-order valence-electron chi connectivity index (χ2n) is 6.92. The number of piperidine rings is 1. The summed E-state index contributed by atoms with van der Waals surface area (Å²) in [5.41, 5.74) is 0.422. The summed E-state index contributed by atoms with van der Waals surface area (Å²) < 4.78 is 0. The van der Waals surface area contributed by atoms with E-state index in [1.807, 2.05) is 0 Å². The quantitative estimate of drug-likeness (QED) is 0.807. The minimum Gasteiger partial charge on any atom is -0.353 e. The van der Waals surface area contributed by atoms with Crippen LogP contribution in [0.25, 0.3) is 0 Å². The molecule has 3 heteroatoms. The second-order valence-corrected chi connectivity index (χ2v) is 6.92. The van der Waals surface area contributed by atoms with Gasteiger partial charge in [0, 0.05) is 12.5 Å². The van der Waals surface area contributed by atoms with Gasteiger partial charge in [0.05, 0.1) is 0 Å². The zero-order chi connectivity index (χ0) is 13.0. The zero-order valence-electron chi connectivity index (χ0n) is 11.9. The van der Waals surface area contributed by atoms with E-state index in [1.54, 1.807) is 0 Å². The predicted molar refractivity (Wildman–Crippen MR) is 74.4 cm³/mol. The van der Waals surface area contributed by atoms with E-state index in [0.717, 1.165) is 32.4 Å². The molecule has 1 aliphatic heterocycles. The molecule has 2 aliphatic rings. The van der Waals surface area contributed by atoms with Crippen LogP contribution in [0.1, 0.15) is 58.8 Å². The molecule has 1 amide bonds. The number of carbonyl (C=O) groups excluding carboxylic acids is 1.